The first-order chi connectivity index (χ1) is 10.6. The number of amides is 1. The third-order valence-corrected chi connectivity index (χ3v) is 4.18. The van der Waals surface area contributed by atoms with Crippen molar-refractivity contribution in [2.24, 2.45) is 7.05 Å². The largest absolute Gasteiger partial charge is 0.352 e. The molecule has 0 radical (unpaired) electrons. The molecule has 0 N–H and O–H groups in total. The number of nitrogens with zero attached hydrogens (tertiary/aromatic N) is 5. The summed E-state index contributed by atoms with van der Waals surface area (Å²) in [4.78, 5) is 20.6. The first-order valence-electron chi connectivity index (χ1n) is 6.89. The van der Waals surface area contributed by atoms with E-state index in [2.05, 4.69) is 15.0 Å². The van der Waals surface area contributed by atoms with Crippen LogP contribution in [-0.4, -0.2) is 51.8 Å². The van der Waals surface area contributed by atoms with Crippen molar-refractivity contribution in [1.82, 2.24) is 19.7 Å². The van der Waals surface area contributed by atoms with Crippen LogP contribution in [0, 0.1) is 0 Å². The van der Waals surface area contributed by atoms with Crippen molar-refractivity contribution in [3.63, 3.8) is 0 Å². The highest BCUT2D eigenvalue weighted by Crippen LogP contribution is 2.26. The minimum atomic E-state index is -0.00480. The van der Waals surface area contributed by atoms with Crippen molar-refractivity contribution in [1.29, 1.82) is 0 Å². The predicted octanol–water partition coefficient (Wildman–Crippen LogP) is 2.08. The standard InChI is InChI=1S/C14H15Cl2N5O/c1-19-12(2-3-18-19)14(22)21-6-4-20(5-7-21)13-11(16)8-10(15)9-17-13/h2-3,8-9H,4-7H2,1H3. The average molecular weight is 340 g/mol. The Bertz CT molecular complexity index is 694. The Morgan fingerprint density at radius 2 is 1.95 bits per heavy atom. The van der Waals surface area contributed by atoms with Crippen LogP contribution in [0.25, 0.3) is 0 Å². The van der Waals surface area contributed by atoms with Crippen molar-refractivity contribution in [2.75, 3.05) is 31.1 Å². The van der Waals surface area contributed by atoms with Gasteiger partial charge in [-0.05, 0) is 12.1 Å². The highest BCUT2D eigenvalue weighted by atomic mass is 35.5. The maximum absolute atomic E-state index is 12.4. The maximum atomic E-state index is 12.4. The van der Waals surface area contributed by atoms with E-state index >= 15 is 0 Å². The lowest BCUT2D eigenvalue weighted by Gasteiger charge is -2.35. The number of carbonyl (C=O) groups excluding carboxylic acids is 1. The quantitative estimate of drug-likeness (QED) is 0.840. The summed E-state index contributed by atoms with van der Waals surface area (Å²) in [6, 6.07) is 3.41. The second-order valence-electron chi connectivity index (χ2n) is 5.08. The molecule has 2 aromatic heterocycles. The van der Waals surface area contributed by atoms with E-state index in [1.165, 1.54) is 0 Å². The molecule has 1 amide bonds. The number of pyridine rings is 1. The maximum Gasteiger partial charge on any atom is 0.272 e. The molecule has 0 saturated carbocycles. The third-order valence-electron chi connectivity index (χ3n) is 3.69. The molecule has 0 bridgehead atoms. The molecule has 2 aromatic rings. The Balaban J connectivity index is 1.68. The summed E-state index contributed by atoms with van der Waals surface area (Å²) in [5, 5.41) is 5.07. The lowest BCUT2D eigenvalue weighted by Crippen LogP contribution is -2.49. The first-order valence-corrected chi connectivity index (χ1v) is 7.65. The van der Waals surface area contributed by atoms with Gasteiger partial charge in [-0.15, -0.1) is 0 Å². The number of aromatic nitrogens is 3. The molecule has 8 heteroatoms. The van der Waals surface area contributed by atoms with Gasteiger partial charge >= 0.3 is 0 Å². The Labute approximate surface area is 138 Å². The highest BCUT2D eigenvalue weighted by Gasteiger charge is 2.25. The number of piperazine rings is 1. The Morgan fingerprint density at radius 1 is 1.23 bits per heavy atom. The molecule has 1 aliphatic heterocycles. The zero-order chi connectivity index (χ0) is 15.7. The van der Waals surface area contributed by atoms with Crippen molar-refractivity contribution < 1.29 is 4.79 Å². The summed E-state index contributed by atoms with van der Waals surface area (Å²) >= 11 is 12.0. The SMILES string of the molecule is Cn1nccc1C(=O)N1CCN(c2ncc(Cl)cc2Cl)CC1. The van der Waals surface area contributed by atoms with Crippen molar-refractivity contribution in [3.05, 3.63) is 40.3 Å². The minimum absolute atomic E-state index is 0.00480. The summed E-state index contributed by atoms with van der Waals surface area (Å²) in [7, 11) is 1.76. The van der Waals surface area contributed by atoms with E-state index in [4.69, 9.17) is 23.2 Å². The molecule has 3 heterocycles. The minimum Gasteiger partial charge on any atom is -0.352 e. The lowest BCUT2D eigenvalue weighted by molar-refractivity contribution is 0.0735. The number of aryl methyl sites for hydroxylation is 1. The summed E-state index contributed by atoms with van der Waals surface area (Å²) in [5.74, 6) is 0.702. The van der Waals surface area contributed by atoms with E-state index in [1.807, 2.05) is 4.90 Å². The summed E-state index contributed by atoms with van der Waals surface area (Å²) in [5.41, 5.74) is 0.594. The van der Waals surface area contributed by atoms with Crippen LogP contribution in [-0.2, 0) is 7.05 Å². The van der Waals surface area contributed by atoms with E-state index in [1.54, 1.807) is 36.3 Å². The molecular formula is C14H15Cl2N5O. The van der Waals surface area contributed by atoms with Crippen LogP contribution in [0.5, 0.6) is 0 Å². The first kappa shape index (κ1) is 15.1. The van der Waals surface area contributed by atoms with Crippen LogP contribution in [0.3, 0.4) is 0 Å². The molecule has 1 fully saturated rings. The van der Waals surface area contributed by atoms with Gasteiger partial charge in [0.2, 0.25) is 0 Å². The number of carbonyl (C=O) groups is 1. The molecule has 1 saturated heterocycles. The van der Waals surface area contributed by atoms with Gasteiger partial charge in [-0.3, -0.25) is 9.48 Å². The topological polar surface area (TPSA) is 54.3 Å². The average Bonchev–Trinajstić information content (AvgIpc) is 2.93. The lowest BCUT2D eigenvalue weighted by atomic mass is 10.2. The van der Waals surface area contributed by atoms with E-state index < -0.39 is 0 Å². The Morgan fingerprint density at radius 3 is 2.55 bits per heavy atom. The monoisotopic (exact) mass is 339 g/mol. The Kier molecular flexibility index (Phi) is 4.22. The van der Waals surface area contributed by atoms with E-state index in [0.717, 1.165) is 0 Å². The number of anilines is 1. The fraction of sp³-hybridized carbons (Fsp3) is 0.357. The number of hydrogen-bond acceptors (Lipinski definition) is 4. The van der Waals surface area contributed by atoms with Crippen LogP contribution < -0.4 is 4.90 Å². The normalized spacial score (nSPS) is 15.2. The molecule has 22 heavy (non-hydrogen) atoms. The molecule has 0 unspecified atom stereocenters. The zero-order valence-corrected chi connectivity index (χ0v) is 13.5. The fourth-order valence-corrected chi connectivity index (χ4v) is 3.01. The van der Waals surface area contributed by atoms with Gasteiger partial charge in [0.25, 0.3) is 5.91 Å². The molecule has 0 aromatic carbocycles. The van der Waals surface area contributed by atoms with E-state index in [0.29, 0.717) is 47.7 Å². The Hall–Kier alpha value is -1.79. The van der Waals surface area contributed by atoms with Gasteiger partial charge in [0.1, 0.15) is 11.5 Å². The zero-order valence-electron chi connectivity index (χ0n) is 12.0. The van der Waals surface area contributed by atoms with E-state index in [-0.39, 0.29) is 5.91 Å². The fourth-order valence-electron chi connectivity index (χ4n) is 2.51. The number of halogens is 2. The number of rotatable bonds is 2. The number of hydrogen-bond donors (Lipinski definition) is 0. The molecular weight excluding hydrogens is 325 g/mol. The highest BCUT2D eigenvalue weighted by molar-refractivity contribution is 6.36. The van der Waals surface area contributed by atoms with Crippen LogP contribution in [0.2, 0.25) is 10.0 Å². The summed E-state index contributed by atoms with van der Waals surface area (Å²) < 4.78 is 1.59. The van der Waals surface area contributed by atoms with Crippen molar-refractivity contribution in [3.8, 4) is 0 Å². The summed E-state index contributed by atoms with van der Waals surface area (Å²) in [6.07, 6.45) is 3.21. The van der Waals surface area contributed by atoms with Crippen LogP contribution >= 0.6 is 23.2 Å². The van der Waals surface area contributed by atoms with Crippen molar-refractivity contribution >= 4 is 34.9 Å². The second-order valence-corrected chi connectivity index (χ2v) is 5.92. The molecule has 3 rings (SSSR count). The van der Waals surface area contributed by atoms with Crippen LogP contribution in [0.4, 0.5) is 5.82 Å². The van der Waals surface area contributed by atoms with Gasteiger partial charge in [-0.25, -0.2) is 4.98 Å². The molecule has 0 atom stereocenters. The molecule has 116 valence electrons. The van der Waals surface area contributed by atoms with Crippen LogP contribution in [0.1, 0.15) is 10.5 Å². The van der Waals surface area contributed by atoms with Crippen LogP contribution in [0.15, 0.2) is 24.5 Å². The van der Waals surface area contributed by atoms with E-state index in [9.17, 15) is 4.79 Å². The molecule has 0 aliphatic carbocycles. The van der Waals surface area contributed by atoms with Gasteiger partial charge in [0, 0.05) is 45.6 Å². The summed E-state index contributed by atoms with van der Waals surface area (Å²) in [6.45, 7) is 2.59. The van der Waals surface area contributed by atoms with Gasteiger partial charge in [0.15, 0.2) is 0 Å². The molecule has 0 spiro atoms. The predicted molar refractivity (Wildman–Crippen MR) is 85.6 cm³/mol. The molecule has 1 aliphatic rings. The van der Waals surface area contributed by atoms with Gasteiger partial charge < -0.3 is 9.80 Å². The second kappa shape index (κ2) is 6.14. The van der Waals surface area contributed by atoms with Gasteiger partial charge in [0.05, 0.1) is 10.0 Å². The smallest absolute Gasteiger partial charge is 0.272 e. The third kappa shape index (κ3) is 2.89. The van der Waals surface area contributed by atoms with Crippen molar-refractivity contribution in [2.45, 2.75) is 0 Å². The van der Waals surface area contributed by atoms with Gasteiger partial charge in [-0.2, -0.15) is 5.10 Å². The molecule has 6 nitrogen and oxygen atoms in total. The van der Waals surface area contributed by atoms with Gasteiger partial charge in [-0.1, -0.05) is 23.2 Å².